The van der Waals surface area contributed by atoms with Crippen LogP contribution in [-0.2, 0) is 13.1 Å². The number of rotatable bonds is 9. The van der Waals surface area contributed by atoms with E-state index in [1.807, 2.05) is 18.5 Å². The molecule has 0 saturated carbocycles. The average Bonchev–Trinajstić information content (AvgIpc) is 3.19. The molecule has 2 heterocycles. The van der Waals surface area contributed by atoms with Crippen LogP contribution in [0.15, 0.2) is 47.7 Å². The van der Waals surface area contributed by atoms with Gasteiger partial charge in [-0.3, -0.25) is 0 Å². The molecule has 0 atom stereocenters. The van der Waals surface area contributed by atoms with E-state index < -0.39 is 0 Å². The summed E-state index contributed by atoms with van der Waals surface area (Å²) in [5, 5.41) is 7.04. The van der Waals surface area contributed by atoms with Crippen molar-refractivity contribution in [3.05, 3.63) is 54.1 Å². The van der Waals surface area contributed by atoms with Crippen molar-refractivity contribution < 1.29 is 0 Å². The molecule has 166 valence electrons. The first-order chi connectivity index (χ1) is 14.3. The Bertz CT molecular complexity index is 737. The number of nitrogens with one attached hydrogen (secondary N) is 2. The van der Waals surface area contributed by atoms with E-state index in [4.69, 9.17) is 4.99 Å². The topological polar surface area (TPSA) is 57.5 Å². The molecule has 0 amide bonds. The van der Waals surface area contributed by atoms with Gasteiger partial charge in [-0.25, -0.2) is 9.98 Å². The molecule has 1 aromatic heterocycles. The third kappa shape index (κ3) is 7.91. The van der Waals surface area contributed by atoms with Gasteiger partial charge in [0.15, 0.2) is 5.96 Å². The van der Waals surface area contributed by atoms with E-state index in [9.17, 15) is 0 Å². The lowest BCUT2D eigenvalue weighted by molar-refractivity contribution is 0.203. The molecular formula is C23H37IN6. The average molecular weight is 524 g/mol. The highest BCUT2D eigenvalue weighted by atomic mass is 127. The van der Waals surface area contributed by atoms with E-state index in [1.54, 1.807) is 0 Å². The Balaban J connectivity index is 0.00000320. The molecule has 2 aromatic rings. The Hall–Kier alpha value is -1.61. The van der Waals surface area contributed by atoms with Gasteiger partial charge in [0, 0.05) is 44.6 Å². The Labute approximate surface area is 198 Å². The van der Waals surface area contributed by atoms with Crippen molar-refractivity contribution in [2.45, 2.75) is 58.7 Å². The monoisotopic (exact) mass is 524 g/mol. The second kappa shape index (κ2) is 13.6. The summed E-state index contributed by atoms with van der Waals surface area (Å²) < 4.78 is 2.18. The zero-order valence-corrected chi connectivity index (χ0v) is 20.7. The highest BCUT2D eigenvalue weighted by Crippen LogP contribution is 2.11. The lowest BCUT2D eigenvalue weighted by atomic mass is 10.0. The van der Waals surface area contributed by atoms with E-state index >= 15 is 0 Å². The second-order valence-corrected chi connectivity index (χ2v) is 7.77. The van der Waals surface area contributed by atoms with Crippen molar-refractivity contribution in [2.24, 2.45) is 4.99 Å². The van der Waals surface area contributed by atoms with Crippen LogP contribution < -0.4 is 10.6 Å². The second-order valence-electron chi connectivity index (χ2n) is 7.77. The van der Waals surface area contributed by atoms with Crippen LogP contribution >= 0.6 is 24.0 Å². The van der Waals surface area contributed by atoms with Crippen molar-refractivity contribution >= 4 is 29.9 Å². The van der Waals surface area contributed by atoms with Crippen LogP contribution in [0, 0.1) is 0 Å². The maximum Gasteiger partial charge on any atom is 0.191 e. The van der Waals surface area contributed by atoms with Crippen LogP contribution in [0.25, 0.3) is 0 Å². The number of imidazole rings is 1. The Morgan fingerprint density at radius 1 is 1.17 bits per heavy atom. The molecule has 1 aliphatic heterocycles. The fourth-order valence-electron chi connectivity index (χ4n) is 3.76. The summed E-state index contributed by atoms with van der Waals surface area (Å²) in [6.07, 6.45) is 8.82. The fraction of sp³-hybridized carbons (Fsp3) is 0.565. The van der Waals surface area contributed by atoms with Gasteiger partial charge >= 0.3 is 0 Å². The number of piperidine rings is 1. The molecule has 1 fully saturated rings. The fourth-order valence-corrected chi connectivity index (χ4v) is 3.76. The van der Waals surface area contributed by atoms with Gasteiger partial charge in [-0.15, -0.1) is 24.0 Å². The summed E-state index contributed by atoms with van der Waals surface area (Å²) in [6, 6.07) is 11.0. The van der Waals surface area contributed by atoms with Crippen LogP contribution in [0.2, 0.25) is 0 Å². The summed E-state index contributed by atoms with van der Waals surface area (Å²) >= 11 is 0. The number of guanidine groups is 1. The normalized spacial score (nSPS) is 15.6. The van der Waals surface area contributed by atoms with Crippen molar-refractivity contribution in [1.82, 2.24) is 25.1 Å². The number of benzene rings is 1. The predicted octanol–water partition coefficient (Wildman–Crippen LogP) is 3.87. The number of nitrogens with zero attached hydrogens (tertiary/aromatic N) is 4. The standard InChI is InChI=1S/C23H36N6.HI/c1-3-5-14-28-15-11-21(12-16-28)27-23(24-4-2)26-18-22-25-13-17-29(22)19-20-9-7-6-8-10-20;/h6-10,13,17,21H,3-5,11-12,14-16,18-19H2,1-2H3,(H2,24,26,27);1H. The minimum absolute atomic E-state index is 0. The van der Waals surface area contributed by atoms with Crippen LogP contribution in [-0.4, -0.2) is 52.6 Å². The Kier molecular flexibility index (Phi) is 11.2. The maximum absolute atomic E-state index is 4.82. The number of likely N-dealkylation sites (tertiary alicyclic amines) is 1. The Morgan fingerprint density at radius 2 is 1.93 bits per heavy atom. The summed E-state index contributed by atoms with van der Waals surface area (Å²) in [6.45, 7) is 10.2. The van der Waals surface area contributed by atoms with Crippen LogP contribution in [0.4, 0.5) is 0 Å². The molecule has 30 heavy (non-hydrogen) atoms. The van der Waals surface area contributed by atoms with Crippen LogP contribution in [0.5, 0.6) is 0 Å². The quantitative estimate of drug-likeness (QED) is 0.297. The summed E-state index contributed by atoms with van der Waals surface area (Å²) in [5.41, 5.74) is 1.27. The third-order valence-electron chi connectivity index (χ3n) is 5.48. The number of aliphatic imine (C=N–C) groups is 1. The molecule has 0 bridgehead atoms. The van der Waals surface area contributed by atoms with E-state index in [-0.39, 0.29) is 24.0 Å². The molecule has 0 radical (unpaired) electrons. The smallest absolute Gasteiger partial charge is 0.191 e. The van der Waals surface area contributed by atoms with Gasteiger partial charge in [0.05, 0.1) is 0 Å². The van der Waals surface area contributed by atoms with E-state index in [0.717, 1.165) is 24.9 Å². The van der Waals surface area contributed by atoms with Crippen molar-refractivity contribution in [3.8, 4) is 0 Å². The van der Waals surface area contributed by atoms with Crippen molar-refractivity contribution in [2.75, 3.05) is 26.2 Å². The molecule has 2 N–H and O–H groups in total. The minimum atomic E-state index is 0. The number of hydrogen-bond donors (Lipinski definition) is 2. The van der Waals surface area contributed by atoms with Crippen LogP contribution in [0.3, 0.4) is 0 Å². The molecule has 0 unspecified atom stereocenters. The molecule has 1 aliphatic rings. The lowest BCUT2D eigenvalue weighted by Crippen LogP contribution is -2.48. The van der Waals surface area contributed by atoms with E-state index in [1.165, 1.54) is 50.9 Å². The summed E-state index contributed by atoms with van der Waals surface area (Å²) in [7, 11) is 0. The first-order valence-corrected chi connectivity index (χ1v) is 11.1. The number of halogens is 1. The number of hydrogen-bond acceptors (Lipinski definition) is 3. The molecule has 3 rings (SSSR count). The molecule has 1 aromatic carbocycles. The van der Waals surface area contributed by atoms with Crippen molar-refractivity contribution in [3.63, 3.8) is 0 Å². The summed E-state index contributed by atoms with van der Waals surface area (Å²) in [4.78, 5) is 11.9. The zero-order chi connectivity index (χ0) is 20.3. The molecular weight excluding hydrogens is 487 g/mol. The minimum Gasteiger partial charge on any atom is -0.357 e. The number of aromatic nitrogens is 2. The Morgan fingerprint density at radius 3 is 2.63 bits per heavy atom. The van der Waals surface area contributed by atoms with E-state index in [2.05, 4.69) is 63.2 Å². The zero-order valence-electron chi connectivity index (χ0n) is 18.4. The molecule has 1 saturated heterocycles. The van der Waals surface area contributed by atoms with Gasteiger partial charge in [-0.2, -0.15) is 0 Å². The van der Waals surface area contributed by atoms with Crippen molar-refractivity contribution in [1.29, 1.82) is 0 Å². The highest BCUT2D eigenvalue weighted by Gasteiger charge is 2.19. The first-order valence-electron chi connectivity index (χ1n) is 11.1. The first kappa shape index (κ1) is 24.7. The predicted molar refractivity (Wildman–Crippen MR) is 136 cm³/mol. The van der Waals surface area contributed by atoms with Gasteiger partial charge in [-0.1, -0.05) is 43.7 Å². The summed E-state index contributed by atoms with van der Waals surface area (Å²) in [5.74, 6) is 1.88. The van der Waals surface area contributed by atoms with Gasteiger partial charge < -0.3 is 20.1 Å². The van der Waals surface area contributed by atoms with Gasteiger partial charge in [-0.05, 0) is 38.3 Å². The molecule has 0 spiro atoms. The lowest BCUT2D eigenvalue weighted by Gasteiger charge is -2.33. The SMILES string of the molecule is CCCCN1CCC(NC(=NCc2nccn2Cc2ccccc2)NCC)CC1.I. The van der Waals surface area contributed by atoms with E-state index in [0.29, 0.717) is 12.6 Å². The molecule has 6 nitrogen and oxygen atoms in total. The largest absolute Gasteiger partial charge is 0.357 e. The third-order valence-corrected chi connectivity index (χ3v) is 5.48. The molecule has 7 heteroatoms. The van der Waals surface area contributed by atoms with Gasteiger partial charge in [0.25, 0.3) is 0 Å². The maximum atomic E-state index is 4.82. The van der Waals surface area contributed by atoms with Crippen LogP contribution in [0.1, 0.15) is 50.9 Å². The van der Waals surface area contributed by atoms with Gasteiger partial charge in [0.2, 0.25) is 0 Å². The number of unbranched alkanes of at least 4 members (excludes halogenated alkanes) is 1. The van der Waals surface area contributed by atoms with Gasteiger partial charge in [0.1, 0.15) is 12.4 Å². The highest BCUT2D eigenvalue weighted by molar-refractivity contribution is 14.0. The molecule has 0 aliphatic carbocycles.